The van der Waals surface area contributed by atoms with E-state index in [9.17, 15) is 9.59 Å². The maximum atomic E-state index is 13.3. The number of nitrogens with zero attached hydrogens (tertiary/aromatic N) is 1. The number of rotatable bonds is 4. The zero-order chi connectivity index (χ0) is 20.7. The molecule has 2 aliphatic rings. The molecule has 1 aliphatic carbocycles. The van der Waals surface area contributed by atoms with E-state index in [2.05, 4.69) is 41.0 Å². The molecule has 0 bridgehead atoms. The topological polar surface area (TPSA) is 61.4 Å². The van der Waals surface area contributed by atoms with Gasteiger partial charge in [0.2, 0.25) is 5.91 Å². The molecule has 152 valence electrons. The van der Waals surface area contributed by atoms with Gasteiger partial charge in [-0.2, -0.15) is 0 Å². The van der Waals surface area contributed by atoms with Crippen LogP contribution in [0.2, 0.25) is 0 Å². The lowest BCUT2D eigenvalue weighted by Crippen LogP contribution is -2.47. The quantitative estimate of drug-likeness (QED) is 0.706. The molecule has 0 spiro atoms. The highest BCUT2D eigenvalue weighted by Gasteiger charge is 2.46. The van der Waals surface area contributed by atoms with Crippen LogP contribution >= 0.6 is 0 Å². The van der Waals surface area contributed by atoms with Crippen molar-refractivity contribution in [2.75, 3.05) is 24.5 Å². The monoisotopic (exact) mass is 399 g/mol. The first-order valence-corrected chi connectivity index (χ1v) is 10.5. The Labute approximate surface area is 176 Å². The predicted octanol–water partition coefficient (Wildman–Crippen LogP) is 3.50. The van der Waals surface area contributed by atoms with Crippen LogP contribution in [-0.4, -0.2) is 31.4 Å². The zero-order valence-corrected chi connectivity index (χ0v) is 17.1. The van der Waals surface area contributed by atoms with Gasteiger partial charge in [-0.25, -0.2) is 0 Å². The molecule has 2 N–H and O–H groups in total. The van der Waals surface area contributed by atoms with E-state index in [0.717, 1.165) is 30.6 Å². The largest absolute Gasteiger partial charge is 0.360 e. The van der Waals surface area contributed by atoms with Crippen LogP contribution in [0.1, 0.15) is 34.3 Å². The van der Waals surface area contributed by atoms with Crippen LogP contribution in [0.25, 0.3) is 10.8 Å². The average Bonchev–Trinajstić information content (AvgIpc) is 3.54. The fourth-order valence-electron chi connectivity index (χ4n) is 4.42. The van der Waals surface area contributed by atoms with Gasteiger partial charge in [0.25, 0.3) is 5.91 Å². The molecule has 0 unspecified atom stereocenters. The lowest BCUT2D eigenvalue weighted by atomic mass is 9.96. The summed E-state index contributed by atoms with van der Waals surface area (Å²) in [7, 11) is 0. The van der Waals surface area contributed by atoms with Crippen LogP contribution < -0.4 is 15.5 Å². The lowest BCUT2D eigenvalue weighted by molar-refractivity contribution is -0.120. The molecule has 5 nitrogen and oxygen atoms in total. The Kier molecular flexibility index (Phi) is 4.46. The van der Waals surface area contributed by atoms with Crippen molar-refractivity contribution in [1.82, 2.24) is 10.6 Å². The van der Waals surface area contributed by atoms with Crippen molar-refractivity contribution >= 4 is 28.3 Å². The molecular formula is C25H25N3O2. The zero-order valence-electron chi connectivity index (χ0n) is 17.1. The van der Waals surface area contributed by atoms with E-state index in [0.29, 0.717) is 18.7 Å². The number of aryl methyl sites for hydroxylation is 1. The van der Waals surface area contributed by atoms with Gasteiger partial charge in [-0.15, -0.1) is 0 Å². The van der Waals surface area contributed by atoms with Crippen LogP contribution in [0.4, 0.5) is 5.69 Å². The van der Waals surface area contributed by atoms with Gasteiger partial charge in [0.05, 0.1) is 12.1 Å². The van der Waals surface area contributed by atoms with Crippen molar-refractivity contribution in [3.63, 3.8) is 0 Å². The molecule has 3 aromatic carbocycles. The Morgan fingerprint density at radius 1 is 1.07 bits per heavy atom. The van der Waals surface area contributed by atoms with Crippen molar-refractivity contribution in [3.8, 4) is 0 Å². The number of fused-ring (bicyclic) bond motifs is 1. The number of hydrogen-bond acceptors (Lipinski definition) is 3. The van der Waals surface area contributed by atoms with Gasteiger partial charge >= 0.3 is 0 Å². The van der Waals surface area contributed by atoms with Crippen LogP contribution in [0.15, 0.2) is 60.7 Å². The van der Waals surface area contributed by atoms with E-state index in [4.69, 9.17) is 0 Å². The molecule has 2 fully saturated rings. The summed E-state index contributed by atoms with van der Waals surface area (Å²) >= 11 is 0. The van der Waals surface area contributed by atoms with Crippen LogP contribution in [0, 0.1) is 6.92 Å². The number of carbonyl (C=O) groups is 2. The number of carbonyl (C=O) groups excluding carboxylic acids is 2. The Bertz CT molecular complexity index is 1140. The molecule has 2 amide bonds. The first kappa shape index (κ1) is 18.7. The Morgan fingerprint density at radius 3 is 2.67 bits per heavy atom. The van der Waals surface area contributed by atoms with Crippen molar-refractivity contribution < 1.29 is 9.59 Å². The van der Waals surface area contributed by atoms with Crippen molar-refractivity contribution in [3.05, 3.63) is 77.4 Å². The molecule has 5 rings (SSSR count). The van der Waals surface area contributed by atoms with Gasteiger partial charge in [-0.3, -0.25) is 9.59 Å². The molecular weight excluding hydrogens is 374 g/mol. The van der Waals surface area contributed by atoms with E-state index >= 15 is 0 Å². The summed E-state index contributed by atoms with van der Waals surface area (Å²) in [6.45, 7) is 3.65. The smallest absolute Gasteiger partial charge is 0.252 e. The third-order valence-corrected chi connectivity index (χ3v) is 6.28. The van der Waals surface area contributed by atoms with Crippen molar-refractivity contribution in [2.45, 2.75) is 25.3 Å². The fourth-order valence-corrected chi connectivity index (χ4v) is 4.42. The maximum Gasteiger partial charge on any atom is 0.252 e. The summed E-state index contributed by atoms with van der Waals surface area (Å²) in [5, 5.41) is 8.57. The molecule has 1 saturated carbocycles. The number of amides is 2. The predicted molar refractivity (Wildman–Crippen MR) is 119 cm³/mol. The first-order chi connectivity index (χ1) is 14.6. The minimum atomic E-state index is -0.300. The van der Waals surface area contributed by atoms with Gasteiger partial charge in [0.15, 0.2) is 0 Å². The summed E-state index contributed by atoms with van der Waals surface area (Å²) in [6.07, 6.45) is 1.88. The van der Waals surface area contributed by atoms with E-state index < -0.39 is 0 Å². The molecule has 30 heavy (non-hydrogen) atoms. The highest BCUT2D eigenvalue weighted by Crippen LogP contribution is 2.48. The number of hydrogen-bond donors (Lipinski definition) is 2. The summed E-state index contributed by atoms with van der Waals surface area (Å²) in [5.74, 6) is -0.0399. The third kappa shape index (κ3) is 3.30. The van der Waals surface area contributed by atoms with Crippen LogP contribution in [0.5, 0.6) is 0 Å². The molecule has 0 aromatic heterocycles. The number of benzene rings is 3. The molecule has 1 saturated heterocycles. The van der Waals surface area contributed by atoms with Gasteiger partial charge in [0.1, 0.15) is 0 Å². The number of piperazine rings is 1. The first-order valence-electron chi connectivity index (χ1n) is 10.5. The minimum absolute atomic E-state index is 0.0146. The summed E-state index contributed by atoms with van der Waals surface area (Å²) in [5.41, 5.74) is 3.41. The second-order valence-electron chi connectivity index (χ2n) is 8.33. The van der Waals surface area contributed by atoms with E-state index in [1.165, 1.54) is 16.3 Å². The van der Waals surface area contributed by atoms with E-state index in [1.807, 2.05) is 42.2 Å². The third-order valence-electron chi connectivity index (χ3n) is 6.28. The summed E-state index contributed by atoms with van der Waals surface area (Å²) in [6, 6.07) is 20.5. The van der Waals surface area contributed by atoms with E-state index in [-0.39, 0.29) is 17.4 Å². The van der Waals surface area contributed by atoms with Gasteiger partial charge in [0, 0.05) is 24.3 Å². The maximum absolute atomic E-state index is 13.3. The Morgan fingerprint density at radius 2 is 1.87 bits per heavy atom. The average molecular weight is 399 g/mol. The van der Waals surface area contributed by atoms with Gasteiger partial charge < -0.3 is 15.5 Å². The van der Waals surface area contributed by atoms with E-state index in [1.54, 1.807) is 0 Å². The normalized spacial score (nSPS) is 17.5. The second-order valence-corrected chi connectivity index (χ2v) is 8.33. The second kappa shape index (κ2) is 7.17. The lowest BCUT2D eigenvalue weighted by Gasteiger charge is -2.29. The Balaban J connectivity index is 1.44. The number of anilines is 1. The fraction of sp³-hybridized carbons (Fsp3) is 0.280. The molecule has 0 atom stereocenters. The summed E-state index contributed by atoms with van der Waals surface area (Å²) < 4.78 is 0. The van der Waals surface area contributed by atoms with Crippen molar-refractivity contribution in [2.24, 2.45) is 0 Å². The highest BCUT2D eigenvalue weighted by molar-refractivity contribution is 5.98. The molecule has 5 heteroatoms. The molecule has 1 heterocycles. The molecule has 3 aromatic rings. The Hall–Kier alpha value is -3.34. The molecule has 0 radical (unpaired) electrons. The highest BCUT2D eigenvalue weighted by atomic mass is 16.2. The van der Waals surface area contributed by atoms with Gasteiger partial charge in [-0.05, 0) is 53.8 Å². The summed E-state index contributed by atoms with van der Waals surface area (Å²) in [4.78, 5) is 27.1. The minimum Gasteiger partial charge on any atom is -0.360 e. The van der Waals surface area contributed by atoms with Crippen LogP contribution in [0.3, 0.4) is 0 Å². The number of nitrogens with one attached hydrogen (secondary N) is 2. The standard InChI is InChI=1S/C25H25N3O2/c1-17-9-10-19(28-14-13-26-23(29)16-28)15-21(17)24(30)27-25(11-12-25)22-8-4-6-18-5-2-3-7-20(18)22/h2-10,15H,11-14,16H2,1H3,(H,26,29)(H,27,30). The van der Waals surface area contributed by atoms with Crippen LogP contribution in [-0.2, 0) is 10.3 Å². The van der Waals surface area contributed by atoms with Gasteiger partial charge in [-0.1, -0.05) is 48.5 Å². The molecule has 1 aliphatic heterocycles. The SMILES string of the molecule is Cc1ccc(N2CCNC(=O)C2)cc1C(=O)NC1(c2cccc3ccccc23)CC1. The van der Waals surface area contributed by atoms with Crippen molar-refractivity contribution in [1.29, 1.82) is 0 Å².